The average molecular weight is 406 g/mol. The van der Waals surface area contributed by atoms with Gasteiger partial charge in [0, 0.05) is 5.56 Å². The predicted molar refractivity (Wildman–Crippen MR) is 107 cm³/mol. The lowest BCUT2D eigenvalue weighted by Gasteiger charge is -2.10. The van der Waals surface area contributed by atoms with Gasteiger partial charge in [0.05, 0.1) is 28.0 Å². The van der Waals surface area contributed by atoms with E-state index in [1.54, 1.807) is 12.3 Å². The molecule has 0 bridgehead atoms. The summed E-state index contributed by atoms with van der Waals surface area (Å²) in [5.74, 6) is 0.714. The van der Waals surface area contributed by atoms with Crippen LogP contribution in [0.25, 0.3) is 0 Å². The van der Waals surface area contributed by atoms with Gasteiger partial charge in [0.2, 0.25) is 0 Å². The monoisotopic (exact) mass is 405 g/mol. The normalized spacial score (nSPS) is 10.5. The molecule has 5 heteroatoms. The van der Waals surface area contributed by atoms with E-state index in [4.69, 9.17) is 10.00 Å². The minimum absolute atomic E-state index is 0.339. The van der Waals surface area contributed by atoms with Crippen molar-refractivity contribution in [1.29, 1.82) is 5.26 Å². The Balaban J connectivity index is 1.63. The minimum Gasteiger partial charge on any atom is -0.488 e. The maximum Gasteiger partial charge on any atom is 0.134 e. The first kappa shape index (κ1) is 17.7. The highest BCUT2D eigenvalue weighted by Crippen LogP contribution is 2.26. The Morgan fingerprint density at radius 2 is 1.81 bits per heavy atom. The number of hydrogen-bond donors (Lipinski definition) is 1. The van der Waals surface area contributed by atoms with Crippen molar-refractivity contribution in [1.82, 2.24) is 0 Å². The molecule has 3 rings (SSSR count). The van der Waals surface area contributed by atoms with E-state index in [0.717, 1.165) is 21.3 Å². The maximum atomic E-state index is 9.14. The minimum atomic E-state index is 0.339. The van der Waals surface area contributed by atoms with E-state index in [2.05, 4.69) is 32.5 Å². The van der Waals surface area contributed by atoms with Crippen LogP contribution in [-0.2, 0) is 6.61 Å². The van der Waals surface area contributed by atoms with Gasteiger partial charge in [0.25, 0.3) is 0 Å². The van der Waals surface area contributed by atoms with Crippen molar-refractivity contribution in [2.45, 2.75) is 6.61 Å². The van der Waals surface area contributed by atoms with Crippen molar-refractivity contribution >= 4 is 27.8 Å². The molecule has 0 saturated carbocycles. The summed E-state index contributed by atoms with van der Waals surface area (Å²) in [6.07, 6.45) is 1.74. The third-order valence-corrected chi connectivity index (χ3v) is 4.28. The molecular weight excluding hydrogens is 390 g/mol. The van der Waals surface area contributed by atoms with Crippen molar-refractivity contribution in [3.8, 4) is 11.8 Å². The van der Waals surface area contributed by atoms with Gasteiger partial charge in [-0.1, -0.05) is 36.4 Å². The van der Waals surface area contributed by atoms with Gasteiger partial charge in [-0.2, -0.15) is 10.4 Å². The SMILES string of the molecule is N#Cc1ccccc1COc1ccc(/C=N/Nc2ccccc2)cc1Br. The van der Waals surface area contributed by atoms with Crippen LogP contribution in [0.2, 0.25) is 0 Å². The van der Waals surface area contributed by atoms with E-state index >= 15 is 0 Å². The van der Waals surface area contributed by atoms with Crippen molar-refractivity contribution in [3.05, 3.63) is 94.0 Å². The number of anilines is 1. The highest BCUT2D eigenvalue weighted by Gasteiger charge is 2.05. The third-order valence-electron chi connectivity index (χ3n) is 3.66. The van der Waals surface area contributed by atoms with Gasteiger partial charge < -0.3 is 4.74 Å². The number of nitrogens with zero attached hydrogens (tertiary/aromatic N) is 2. The first-order valence-corrected chi connectivity index (χ1v) is 8.80. The first-order valence-electron chi connectivity index (χ1n) is 8.01. The molecular formula is C21H16BrN3O. The summed E-state index contributed by atoms with van der Waals surface area (Å²) in [4.78, 5) is 0. The van der Waals surface area contributed by atoms with Gasteiger partial charge in [-0.25, -0.2) is 0 Å². The lowest BCUT2D eigenvalue weighted by atomic mass is 10.1. The Labute approximate surface area is 160 Å². The number of nitrogens with one attached hydrogen (secondary N) is 1. The molecule has 0 atom stereocenters. The topological polar surface area (TPSA) is 57.4 Å². The van der Waals surface area contributed by atoms with Crippen LogP contribution in [0.5, 0.6) is 5.75 Å². The van der Waals surface area contributed by atoms with E-state index in [-0.39, 0.29) is 0 Å². The van der Waals surface area contributed by atoms with Gasteiger partial charge in [0.15, 0.2) is 0 Å². The Kier molecular flexibility index (Phi) is 6.02. The molecule has 3 aromatic rings. The maximum absolute atomic E-state index is 9.14. The smallest absolute Gasteiger partial charge is 0.134 e. The van der Waals surface area contributed by atoms with E-state index in [0.29, 0.717) is 17.9 Å². The average Bonchev–Trinajstić information content (AvgIpc) is 2.68. The zero-order valence-electron chi connectivity index (χ0n) is 13.9. The van der Waals surface area contributed by atoms with Crippen LogP contribution in [0.3, 0.4) is 0 Å². The van der Waals surface area contributed by atoms with Crippen LogP contribution in [0.1, 0.15) is 16.7 Å². The standard InChI is InChI=1S/C21H16BrN3O/c22-20-12-16(14-24-25-19-8-2-1-3-9-19)10-11-21(20)26-15-18-7-5-4-6-17(18)13-23/h1-12,14,25H,15H2/b24-14+. The van der Waals surface area contributed by atoms with E-state index in [9.17, 15) is 0 Å². The highest BCUT2D eigenvalue weighted by molar-refractivity contribution is 9.10. The fourth-order valence-corrected chi connectivity index (χ4v) is 2.83. The lowest BCUT2D eigenvalue weighted by Crippen LogP contribution is -1.99. The first-order chi connectivity index (χ1) is 12.8. The van der Waals surface area contributed by atoms with Gasteiger partial charge in [0.1, 0.15) is 12.4 Å². The van der Waals surface area contributed by atoms with Crippen LogP contribution >= 0.6 is 15.9 Å². The second-order valence-corrected chi connectivity index (χ2v) is 6.34. The van der Waals surface area contributed by atoms with Crippen LogP contribution < -0.4 is 10.2 Å². The summed E-state index contributed by atoms with van der Waals surface area (Å²) >= 11 is 3.52. The van der Waals surface area contributed by atoms with Gasteiger partial charge in [-0.15, -0.1) is 0 Å². The number of hydrogen-bond acceptors (Lipinski definition) is 4. The largest absolute Gasteiger partial charge is 0.488 e. The van der Waals surface area contributed by atoms with Crippen LogP contribution in [0.4, 0.5) is 5.69 Å². The zero-order valence-corrected chi connectivity index (χ0v) is 15.5. The number of hydrazone groups is 1. The van der Waals surface area contributed by atoms with E-state index < -0.39 is 0 Å². The van der Waals surface area contributed by atoms with E-state index in [1.807, 2.05) is 66.7 Å². The molecule has 0 saturated heterocycles. The highest BCUT2D eigenvalue weighted by atomic mass is 79.9. The molecule has 0 amide bonds. The van der Waals surface area contributed by atoms with E-state index in [1.165, 1.54) is 0 Å². The lowest BCUT2D eigenvalue weighted by molar-refractivity contribution is 0.304. The number of halogens is 1. The summed E-state index contributed by atoms with van der Waals surface area (Å²) in [5.41, 5.74) is 6.33. The Bertz CT molecular complexity index is 949. The number of ether oxygens (including phenoxy) is 1. The fourth-order valence-electron chi connectivity index (χ4n) is 2.32. The molecule has 0 unspecified atom stereocenters. The molecule has 0 fully saturated rings. The molecule has 128 valence electrons. The second-order valence-electron chi connectivity index (χ2n) is 5.48. The molecule has 0 aliphatic rings. The molecule has 0 aliphatic heterocycles. The number of rotatable bonds is 6. The molecule has 0 aliphatic carbocycles. The second kappa shape index (κ2) is 8.84. The van der Waals surface area contributed by atoms with Crippen LogP contribution in [-0.4, -0.2) is 6.21 Å². The number of para-hydroxylation sites is 1. The van der Waals surface area contributed by atoms with Crippen LogP contribution in [0.15, 0.2) is 82.4 Å². The summed E-state index contributed by atoms with van der Waals surface area (Å²) in [6.45, 7) is 0.339. The Morgan fingerprint density at radius 3 is 2.58 bits per heavy atom. The summed E-state index contributed by atoms with van der Waals surface area (Å²) in [6, 6.07) is 25.1. The zero-order chi connectivity index (χ0) is 18.2. The molecule has 1 N–H and O–H groups in total. The molecule has 26 heavy (non-hydrogen) atoms. The third kappa shape index (κ3) is 4.71. The van der Waals surface area contributed by atoms with Gasteiger partial charge >= 0.3 is 0 Å². The fraction of sp³-hybridized carbons (Fsp3) is 0.0476. The van der Waals surface area contributed by atoms with Crippen molar-refractivity contribution in [2.75, 3.05) is 5.43 Å². The molecule has 4 nitrogen and oxygen atoms in total. The molecule has 0 spiro atoms. The van der Waals surface area contributed by atoms with Crippen molar-refractivity contribution in [2.24, 2.45) is 5.10 Å². The quantitative estimate of drug-likeness (QED) is 0.444. The summed E-state index contributed by atoms with van der Waals surface area (Å²) in [7, 11) is 0. The van der Waals surface area contributed by atoms with Crippen molar-refractivity contribution in [3.63, 3.8) is 0 Å². The number of nitriles is 1. The van der Waals surface area contributed by atoms with Crippen molar-refractivity contribution < 1.29 is 4.74 Å². The molecule has 3 aromatic carbocycles. The molecule has 0 heterocycles. The Hall–Kier alpha value is -3.10. The van der Waals surface area contributed by atoms with Gasteiger partial charge in [-0.3, -0.25) is 5.43 Å². The summed E-state index contributed by atoms with van der Waals surface area (Å²) < 4.78 is 6.67. The molecule has 0 aromatic heterocycles. The van der Waals surface area contributed by atoms with Gasteiger partial charge in [-0.05, 0) is 57.9 Å². The Morgan fingerprint density at radius 1 is 1.04 bits per heavy atom. The predicted octanol–water partition coefficient (Wildman–Crippen LogP) is 5.35. The molecule has 0 radical (unpaired) electrons. The van der Waals surface area contributed by atoms with Crippen LogP contribution in [0, 0.1) is 11.3 Å². The number of benzene rings is 3. The summed E-state index contributed by atoms with van der Waals surface area (Å²) in [5, 5.41) is 13.4.